The lowest BCUT2D eigenvalue weighted by Gasteiger charge is -2.12. The summed E-state index contributed by atoms with van der Waals surface area (Å²) in [5.41, 5.74) is 2.70. The zero-order valence-corrected chi connectivity index (χ0v) is 15.6. The molecule has 1 aliphatic heterocycles. The van der Waals surface area contributed by atoms with Gasteiger partial charge in [-0.25, -0.2) is 0 Å². The fourth-order valence-corrected chi connectivity index (χ4v) is 2.93. The number of nitrogens with zero attached hydrogens (tertiary/aromatic N) is 2. The second-order valence-corrected chi connectivity index (χ2v) is 6.38. The number of hydrogen-bond acceptors (Lipinski definition) is 6. The summed E-state index contributed by atoms with van der Waals surface area (Å²) in [6.45, 7) is 3.82. The Bertz CT molecular complexity index is 998. The number of carbonyl (C=O) groups excluding carboxylic acids is 1. The smallest absolute Gasteiger partial charge is 0.322 e. The van der Waals surface area contributed by atoms with Crippen molar-refractivity contribution in [2.75, 3.05) is 12.1 Å². The number of amides is 1. The molecule has 1 N–H and O–H groups in total. The van der Waals surface area contributed by atoms with E-state index in [0.29, 0.717) is 34.3 Å². The van der Waals surface area contributed by atoms with E-state index in [4.69, 9.17) is 14.2 Å². The molecule has 0 radical (unpaired) electrons. The van der Waals surface area contributed by atoms with Gasteiger partial charge in [0, 0.05) is 0 Å². The van der Waals surface area contributed by atoms with Gasteiger partial charge in [-0.3, -0.25) is 4.79 Å². The minimum absolute atomic E-state index is 0.162. The molecule has 28 heavy (non-hydrogen) atoms. The summed E-state index contributed by atoms with van der Waals surface area (Å²) in [7, 11) is 0. The first-order valence-corrected chi connectivity index (χ1v) is 8.85. The molecule has 142 valence electrons. The van der Waals surface area contributed by atoms with Crippen LogP contribution in [0.2, 0.25) is 0 Å². The van der Waals surface area contributed by atoms with Crippen LogP contribution in [0.5, 0.6) is 23.3 Å². The molecule has 7 heteroatoms. The predicted molar refractivity (Wildman–Crippen MR) is 103 cm³/mol. The van der Waals surface area contributed by atoms with Crippen molar-refractivity contribution in [3.05, 3.63) is 65.5 Å². The second kappa shape index (κ2) is 7.56. The number of aryl methyl sites for hydroxylation is 2. The molecule has 1 aromatic heterocycles. The maximum atomic E-state index is 12.5. The van der Waals surface area contributed by atoms with Crippen molar-refractivity contribution in [3.8, 4) is 23.3 Å². The molecule has 7 nitrogen and oxygen atoms in total. The van der Waals surface area contributed by atoms with Crippen LogP contribution in [0.3, 0.4) is 0 Å². The summed E-state index contributed by atoms with van der Waals surface area (Å²) in [5, 5.41) is 2.89. The molecule has 0 saturated carbocycles. The van der Waals surface area contributed by atoms with E-state index in [1.807, 2.05) is 56.3 Å². The Hall–Kier alpha value is -3.61. The lowest BCUT2D eigenvalue weighted by atomic mass is 10.1. The van der Waals surface area contributed by atoms with Crippen molar-refractivity contribution < 1.29 is 19.0 Å². The van der Waals surface area contributed by atoms with Gasteiger partial charge in [0.2, 0.25) is 12.7 Å². The minimum atomic E-state index is -0.162. The van der Waals surface area contributed by atoms with E-state index < -0.39 is 0 Å². The molecule has 1 amide bonds. The SMILES string of the molecule is Cc1nc(Oc2ccccc2)nc(C)c1NC(=O)Cc1ccc2c(c1)OCO2. The zero-order chi connectivity index (χ0) is 19.5. The summed E-state index contributed by atoms with van der Waals surface area (Å²) < 4.78 is 16.3. The fourth-order valence-electron chi connectivity index (χ4n) is 2.93. The van der Waals surface area contributed by atoms with Crippen molar-refractivity contribution >= 4 is 11.6 Å². The number of nitrogens with one attached hydrogen (secondary N) is 1. The summed E-state index contributed by atoms with van der Waals surface area (Å²) >= 11 is 0. The van der Waals surface area contributed by atoms with Crippen molar-refractivity contribution in [2.24, 2.45) is 0 Å². The third-order valence-corrected chi connectivity index (χ3v) is 4.27. The highest BCUT2D eigenvalue weighted by atomic mass is 16.7. The summed E-state index contributed by atoms with van der Waals surface area (Å²) in [6.07, 6.45) is 0.206. The van der Waals surface area contributed by atoms with Gasteiger partial charge in [-0.1, -0.05) is 24.3 Å². The average molecular weight is 377 g/mol. The number of carbonyl (C=O) groups is 1. The molecule has 2 heterocycles. The van der Waals surface area contributed by atoms with E-state index in [0.717, 1.165) is 5.56 Å². The monoisotopic (exact) mass is 377 g/mol. The highest BCUT2D eigenvalue weighted by Crippen LogP contribution is 2.32. The third kappa shape index (κ3) is 3.88. The van der Waals surface area contributed by atoms with Gasteiger partial charge >= 0.3 is 6.01 Å². The topological polar surface area (TPSA) is 82.6 Å². The third-order valence-electron chi connectivity index (χ3n) is 4.27. The molecule has 0 fully saturated rings. The van der Waals surface area contributed by atoms with E-state index >= 15 is 0 Å². The Morgan fingerprint density at radius 1 is 1.04 bits per heavy atom. The number of anilines is 1. The van der Waals surface area contributed by atoms with Crippen molar-refractivity contribution in [3.63, 3.8) is 0 Å². The largest absolute Gasteiger partial charge is 0.454 e. The van der Waals surface area contributed by atoms with Gasteiger partial charge in [0.25, 0.3) is 0 Å². The van der Waals surface area contributed by atoms with Crippen LogP contribution in [0.25, 0.3) is 0 Å². The Balaban J connectivity index is 1.46. The van der Waals surface area contributed by atoms with Crippen LogP contribution in [0, 0.1) is 13.8 Å². The summed E-state index contributed by atoms with van der Waals surface area (Å²) in [6, 6.07) is 15.0. The average Bonchev–Trinajstić information content (AvgIpc) is 3.13. The Labute approximate surface area is 162 Å². The number of para-hydroxylation sites is 1. The number of fused-ring (bicyclic) bond motifs is 1. The van der Waals surface area contributed by atoms with Crippen LogP contribution >= 0.6 is 0 Å². The molecular weight excluding hydrogens is 358 g/mol. The van der Waals surface area contributed by atoms with Crippen molar-refractivity contribution in [2.45, 2.75) is 20.3 Å². The molecule has 0 spiro atoms. The van der Waals surface area contributed by atoms with Crippen LogP contribution in [0.15, 0.2) is 48.5 Å². The van der Waals surface area contributed by atoms with Gasteiger partial charge < -0.3 is 19.5 Å². The van der Waals surface area contributed by atoms with E-state index in [-0.39, 0.29) is 25.1 Å². The van der Waals surface area contributed by atoms with Crippen LogP contribution in [0.4, 0.5) is 5.69 Å². The standard InChI is InChI=1S/C21H19N3O4/c1-13-20(14(2)23-21(22-13)28-16-6-4-3-5-7-16)24-19(25)11-15-8-9-17-18(10-15)27-12-26-17/h3-10H,11-12H2,1-2H3,(H,24,25). The van der Waals surface area contributed by atoms with E-state index in [2.05, 4.69) is 15.3 Å². The quantitative estimate of drug-likeness (QED) is 0.728. The molecule has 0 aliphatic carbocycles. The first-order valence-electron chi connectivity index (χ1n) is 8.85. The molecule has 0 unspecified atom stereocenters. The van der Waals surface area contributed by atoms with Gasteiger partial charge in [0.15, 0.2) is 11.5 Å². The van der Waals surface area contributed by atoms with Crippen LogP contribution in [-0.2, 0) is 11.2 Å². The molecule has 2 aromatic carbocycles. The summed E-state index contributed by atoms with van der Waals surface area (Å²) in [4.78, 5) is 21.2. The normalized spacial score (nSPS) is 11.9. The van der Waals surface area contributed by atoms with Crippen LogP contribution in [0.1, 0.15) is 17.0 Å². The number of ether oxygens (including phenoxy) is 3. The van der Waals surface area contributed by atoms with Gasteiger partial charge in [-0.2, -0.15) is 9.97 Å². The fraction of sp³-hybridized carbons (Fsp3) is 0.190. The predicted octanol–water partition coefficient (Wildman–Crippen LogP) is 3.80. The number of hydrogen-bond donors (Lipinski definition) is 1. The lowest BCUT2D eigenvalue weighted by molar-refractivity contribution is -0.115. The molecule has 0 bridgehead atoms. The number of rotatable bonds is 5. The van der Waals surface area contributed by atoms with E-state index in [9.17, 15) is 4.79 Å². The first-order chi connectivity index (χ1) is 13.6. The number of aromatic nitrogens is 2. The van der Waals surface area contributed by atoms with Gasteiger partial charge in [0.05, 0.1) is 23.5 Å². The summed E-state index contributed by atoms with van der Waals surface area (Å²) in [5.74, 6) is 1.84. The highest BCUT2D eigenvalue weighted by Gasteiger charge is 2.16. The van der Waals surface area contributed by atoms with Crippen LogP contribution < -0.4 is 19.5 Å². The van der Waals surface area contributed by atoms with Gasteiger partial charge in [0.1, 0.15) is 5.75 Å². The molecule has 1 aliphatic rings. The second-order valence-electron chi connectivity index (χ2n) is 6.38. The van der Waals surface area contributed by atoms with Crippen molar-refractivity contribution in [1.82, 2.24) is 9.97 Å². The Morgan fingerprint density at radius 3 is 2.50 bits per heavy atom. The van der Waals surface area contributed by atoms with Crippen molar-refractivity contribution in [1.29, 1.82) is 0 Å². The minimum Gasteiger partial charge on any atom is -0.454 e. The van der Waals surface area contributed by atoms with E-state index in [1.165, 1.54) is 0 Å². The zero-order valence-electron chi connectivity index (χ0n) is 15.6. The molecule has 4 rings (SSSR count). The molecule has 3 aromatic rings. The first kappa shape index (κ1) is 17.8. The Kier molecular flexibility index (Phi) is 4.80. The van der Waals surface area contributed by atoms with Gasteiger partial charge in [-0.15, -0.1) is 0 Å². The Morgan fingerprint density at radius 2 is 1.75 bits per heavy atom. The maximum Gasteiger partial charge on any atom is 0.322 e. The lowest BCUT2D eigenvalue weighted by Crippen LogP contribution is -2.17. The molecule has 0 saturated heterocycles. The van der Waals surface area contributed by atoms with Crippen LogP contribution in [-0.4, -0.2) is 22.7 Å². The molecular formula is C21H19N3O4. The highest BCUT2D eigenvalue weighted by molar-refractivity contribution is 5.93. The number of benzene rings is 2. The van der Waals surface area contributed by atoms with E-state index in [1.54, 1.807) is 6.07 Å². The molecule has 0 atom stereocenters. The maximum absolute atomic E-state index is 12.5. The van der Waals surface area contributed by atoms with Gasteiger partial charge in [-0.05, 0) is 43.7 Å².